The van der Waals surface area contributed by atoms with Gasteiger partial charge in [0, 0.05) is 0 Å². The average Bonchev–Trinajstić information content (AvgIpc) is 2.74. The fourth-order valence-electron chi connectivity index (χ4n) is 2.22. The van der Waals surface area contributed by atoms with Gasteiger partial charge in [0.2, 0.25) is 0 Å². The summed E-state index contributed by atoms with van der Waals surface area (Å²) in [6, 6.07) is 0. The second-order valence-corrected chi connectivity index (χ2v) is 8.01. The van der Waals surface area contributed by atoms with Crippen LogP contribution >= 0.6 is 11.3 Å². The van der Waals surface area contributed by atoms with E-state index in [0.717, 1.165) is 11.4 Å². The molecule has 1 amide bonds. The number of hydrogen-bond donors (Lipinski definition) is 0. The summed E-state index contributed by atoms with van der Waals surface area (Å²) in [6.07, 6.45) is 0. The molecule has 15 heavy (non-hydrogen) atoms. The maximum atomic E-state index is 11.8. The first-order valence-corrected chi connectivity index (χ1v) is 7.39. The zero-order valence-electron chi connectivity index (χ0n) is 8.88. The molecule has 1 aliphatic rings. The first-order valence-electron chi connectivity index (χ1n) is 4.86. The number of nitrogens with zero attached hydrogens (tertiary/aromatic N) is 1. The van der Waals surface area contributed by atoms with Crippen molar-refractivity contribution in [2.75, 3.05) is 7.05 Å². The molecule has 0 saturated heterocycles. The topological polar surface area (TPSA) is 20.3 Å². The number of rotatable bonds is 0. The number of amides is 1. The van der Waals surface area contributed by atoms with E-state index in [1.165, 1.54) is 24.5 Å². The molecule has 2 nitrogen and oxygen atoms in total. The molecule has 2 aromatic heterocycles. The first kappa shape index (κ1) is 9.64. The molecule has 0 bridgehead atoms. The van der Waals surface area contributed by atoms with Crippen LogP contribution in [0.1, 0.15) is 24.1 Å². The van der Waals surface area contributed by atoms with Crippen LogP contribution in [0.25, 0.3) is 10.1 Å². The summed E-state index contributed by atoms with van der Waals surface area (Å²) in [5.74, 6) is 0.206. The Labute approximate surface area is 98.3 Å². The molecule has 0 N–H and O–H groups in total. The summed E-state index contributed by atoms with van der Waals surface area (Å²) in [5, 5.41) is 1.41. The Balaban J connectivity index is 2.40. The standard InChI is InChI=1S/C11H11NOSSe/c1-5-8-7-4-12(3)11(13)10(7)14-9(8)6(2)15-5/h4H2,1-3H3. The van der Waals surface area contributed by atoms with Crippen molar-refractivity contribution in [3.05, 3.63) is 19.3 Å². The van der Waals surface area contributed by atoms with Crippen molar-refractivity contribution in [3.8, 4) is 0 Å². The third kappa shape index (κ3) is 1.13. The third-order valence-corrected chi connectivity index (χ3v) is 6.69. The van der Waals surface area contributed by atoms with Gasteiger partial charge in [-0.25, -0.2) is 0 Å². The van der Waals surface area contributed by atoms with Crippen LogP contribution in [0.5, 0.6) is 0 Å². The number of fused-ring (bicyclic) bond motifs is 3. The van der Waals surface area contributed by atoms with Gasteiger partial charge in [-0.05, 0) is 0 Å². The molecule has 0 saturated carbocycles. The molecule has 0 spiro atoms. The van der Waals surface area contributed by atoms with Crippen molar-refractivity contribution in [2.24, 2.45) is 0 Å². The molecule has 0 unspecified atom stereocenters. The normalized spacial score (nSPS) is 15.4. The Morgan fingerprint density at radius 3 is 2.80 bits per heavy atom. The zero-order chi connectivity index (χ0) is 10.7. The van der Waals surface area contributed by atoms with Gasteiger partial charge in [-0.2, -0.15) is 0 Å². The Morgan fingerprint density at radius 2 is 2.07 bits per heavy atom. The Kier molecular flexibility index (Phi) is 1.91. The Hall–Kier alpha value is -0.571. The van der Waals surface area contributed by atoms with E-state index in [4.69, 9.17) is 0 Å². The van der Waals surface area contributed by atoms with Crippen molar-refractivity contribution >= 4 is 41.8 Å². The molecule has 0 aliphatic carbocycles. The number of carbonyl (C=O) groups excluding carboxylic acids is 1. The fourth-order valence-corrected chi connectivity index (χ4v) is 6.16. The van der Waals surface area contributed by atoms with E-state index in [1.54, 1.807) is 11.3 Å². The van der Waals surface area contributed by atoms with Crippen LogP contribution in [0.4, 0.5) is 0 Å². The number of thiophene rings is 1. The van der Waals surface area contributed by atoms with Gasteiger partial charge in [-0.1, -0.05) is 0 Å². The summed E-state index contributed by atoms with van der Waals surface area (Å²) < 4.78 is 4.37. The summed E-state index contributed by atoms with van der Waals surface area (Å²) >= 11 is 2.23. The summed E-state index contributed by atoms with van der Waals surface area (Å²) in [7, 11) is 1.88. The minimum absolute atomic E-state index is 0.206. The summed E-state index contributed by atoms with van der Waals surface area (Å²) in [5.41, 5.74) is 1.29. The van der Waals surface area contributed by atoms with Gasteiger partial charge in [-0.15, -0.1) is 0 Å². The molecule has 78 valence electrons. The van der Waals surface area contributed by atoms with Gasteiger partial charge < -0.3 is 0 Å². The molecule has 0 atom stereocenters. The van der Waals surface area contributed by atoms with E-state index in [2.05, 4.69) is 13.8 Å². The van der Waals surface area contributed by atoms with Gasteiger partial charge in [0.15, 0.2) is 0 Å². The summed E-state index contributed by atoms with van der Waals surface area (Å²) in [4.78, 5) is 14.6. The number of carbonyl (C=O) groups is 1. The van der Waals surface area contributed by atoms with Gasteiger partial charge in [0.1, 0.15) is 0 Å². The molecule has 0 fully saturated rings. The van der Waals surface area contributed by atoms with E-state index < -0.39 is 0 Å². The van der Waals surface area contributed by atoms with E-state index in [1.807, 2.05) is 11.9 Å². The van der Waals surface area contributed by atoms with Crippen LogP contribution in [0.3, 0.4) is 0 Å². The molecule has 1 aliphatic heterocycles. The SMILES string of the molecule is Cc1[se]c(C)c2c3c(sc12)C(=O)N(C)C3. The molecule has 3 heterocycles. The van der Waals surface area contributed by atoms with Crippen LogP contribution in [0.2, 0.25) is 0 Å². The predicted octanol–water partition coefficient (Wildman–Crippen LogP) is 2.16. The monoisotopic (exact) mass is 285 g/mol. The van der Waals surface area contributed by atoms with Crippen molar-refractivity contribution in [3.63, 3.8) is 0 Å². The second kappa shape index (κ2) is 2.97. The van der Waals surface area contributed by atoms with Crippen molar-refractivity contribution in [1.82, 2.24) is 4.90 Å². The Morgan fingerprint density at radius 1 is 1.33 bits per heavy atom. The van der Waals surface area contributed by atoms with Crippen molar-refractivity contribution in [1.29, 1.82) is 0 Å². The van der Waals surface area contributed by atoms with Crippen LogP contribution in [0.15, 0.2) is 0 Å². The first-order chi connectivity index (χ1) is 7.09. The van der Waals surface area contributed by atoms with Crippen LogP contribution in [-0.2, 0) is 6.54 Å². The number of aryl methyl sites for hydroxylation is 2. The van der Waals surface area contributed by atoms with Crippen LogP contribution in [-0.4, -0.2) is 32.4 Å². The van der Waals surface area contributed by atoms with E-state index in [0.29, 0.717) is 14.5 Å². The Bertz CT molecular complexity index is 581. The quantitative estimate of drug-likeness (QED) is 0.679. The molecule has 0 radical (unpaired) electrons. The minimum atomic E-state index is 0.206. The third-order valence-electron chi connectivity index (χ3n) is 2.92. The fraction of sp³-hybridized carbons (Fsp3) is 0.364. The van der Waals surface area contributed by atoms with Gasteiger partial charge in [0.25, 0.3) is 0 Å². The molecular weight excluding hydrogens is 273 g/mol. The zero-order valence-corrected chi connectivity index (χ0v) is 11.4. The number of hydrogen-bond acceptors (Lipinski definition) is 2. The molecule has 4 heteroatoms. The second-order valence-electron chi connectivity index (χ2n) is 3.99. The van der Waals surface area contributed by atoms with E-state index in [9.17, 15) is 4.79 Å². The van der Waals surface area contributed by atoms with E-state index in [-0.39, 0.29) is 5.91 Å². The molecule has 0 aromatic carbocycles. The average molecular weight is 284 g/mol. The van der Waals surface area contributed by atoms with Gasteiger partial charge in [-0.3, -0.25) is 0 Å². The van der Waals surface area contributed by atoms with Crippen LogP contribution < -0.4 is 0 Å². The molecule has 3 rings (SSSR count). The van der Waals surface area contributed by atoms with E-state index >= 15 is 0 Å². The van der Waals surface area contributed by atoms with Crippen molar-refractivity contribution < 1.29 is 4.79 Å². The summed E-state index contributed by atoms with van der Waals surface area (Å²) in [6.45, 7) is 5.22. The predicted molar refractivity (Wildman–Crippen MR) is 64.0 cm³/mol. The van der Waals surface area contributed by atoms with Crippen molar-refractivity contribution in [2.45, 2.75) is 20.4 Å². The molecular formula is C11H11NOSSe. The van der Waals surface area contributed by atoms with Gasteiger partial charge >= 0.3 is 98.3 Å². The van der Waals surface area contributed by atoms with Gasteiger partial charge in [0.05, 0.1) is 0 Å². The molecule has 2 aromatic rings. The van der Waals surface area contributed by atoms with Crippen LogP contribution in [0, 0.1) is 13.8 Å². The maximum absolute atomic E-state index is 11.8.